The predicted molar refractivity (Wildman–Crippen MR) is 267 cm³/mol. The van der Waals surface area contributed by atoms with Crippen LogP contribution in [-0.2, 0) is 0 Å². The number of hydrogen-bond donors (Lipinski definition) is 0. The molecule has 0 fully saturated rings. The number of thiophene rings is 1. The highest BCUT2D eigenvalue weighted by molar-refractivity contribution is 7.25. The molecule has 64 heavy (non-hydrogen) atoms. The van der Waals surface area contributed by atoms with E-state index in [1.54, 1.807) is 11.3 Å². The molecule has 0 N–H and O–H groups in total. The molecule has 0 aliphatic carbocycles. The molecule has 0 aliphatic heterocycles. The fourth-order valence-electron chi connectivity index (χ4n) is 9.51. The lowest BCUT2D eigenvalue weighted by atomic mass is 9.91. The van der Waals surface area contributed by atoms with Crippen LogP contribution in [0, 0.1) is 0 Å². The Balaban J connectivity index is 0.888. The van der Waals surface area contributed by atoms with Crippen LogP contribution in [0.25, 0.3) is 126 Å². The maximum Gasteiger partial charge on any atom is 0.164 e. The average Bonchev–Trinajstić information content (AvgIpc) is 3.92. The minimum Gasteiger partial charge on any atom is -0.309 e. The van der Waals surface area contributed by atoms with Crippen LogP contribution in [-0.4, -0.2) is 24.5 Å². The lowest BCUT2D eigenvalue weighted by molar-refractivity contribution is 1.07. The first-order chi connectivity index (χ1) is 31.7. The van der Waals surface area contributed by atoms with E-state index in [1.807, 2.05) is 30.3 Å². The molecular formula is C58H35N5S. The largest absolute Gasteiger partial charge is 0.309 e. The molecule has 0 saturated carbocycles. The van der Waals surface area contributed by atoms with Gasteiger partial charge in [0.15, 0.2) is 17.5 Å². The molecule has 13 rings (SSSR count). The highest BCUT2D eigenvalue weighted by Crippen LogP contribution is 2.43. The summed E-state index contributed by atoms with van der Waals surface area (Å²) in [7, 11) is 0. The van der Waals surface area contributed by atoms with E-state index in [4.69, 9.17) is 19.9 Å². The smallest absolute Gasteiger partial charge is 0.164 e. The van der Waals surface area contributed by atoms with Crippen molar-refractivity contribution in [1.29, 1.82) is 0 Å². The number of nitrogens with zero attached hydrogens (tertiary/aromatic N) is 5. The molecule has 0 radical (unpaired) electrons. The molecule has 9 aromatic carbocycles. The first-order valence-electron chi connectivity index (χ1n) is 21.5. The summed E-state index contributed by atoms with van der Waals surface area (Å²) >= 11 is 1.76. The van der Waals surface area contributed by atoms with Gasteiger partial charge in [0.25, 0.3) is 0 Å². The van der Waals surface area contributed by atoms with E-state index in [9.17, 15) is 0 Å². The van der Waals surface area contributed by atoms with E-state index in [1.165, 1.54) is 53.4 Å². The Kier molecular flexibility index (Phi) is 8.32. The van der Waals surface area contributed by atoms with Gasteiger partial charge in [-0.05, 0) is 69.8 Å². The van der Waals surface area contributed by atoms with Crippen molar-refractivity contribution in [2.24, 2.45) is 0 Å². The van der Waals surface area contributed by atoms with Crippen LogP contribution in [0.2, 0.25) is 0 Å². The second-order valence-electron chi connectivity index (χ2n) is 16.2. The second-order valence-corrected chi connectivity index (χ2v) is 17.2. The molecule has 0 spiro atoms. The zero-order chi connectivity index (χ0) is 42.1. The van der Waals surface area contributed by atoms with Gasteiger partial charge in [0, 0.05) is 59.6 Å². The zero-order valence-electron chi connectivity index (χ0n) is 34.4. The number of fused-ring (bicyclic) bond motifs is 9. The highest BCUT2D eigenvalue weighted by atomic mass is 32.1. The van der Waals surface area contributed by atoms with E-state index in [2.05, 4.69) is 187 Å². The molecule has 0 amide bonds. The molecule has 0 aliphatic rings. The summed E-state index contributed by atoms with van der Waals surface area (Å²) in [6, 6.07) is 75.0. The number of para-hydroxylation sites is 2. The van der Waals surface area contributed by atoms with Crippen molar-refractivity contribution >= 4 is 75.0 Å². The van der Waals surface area contributed by atoms with Crippen LogP contribution < -0.4 is 0 Å². The number of rotatable bonds is 6. The van der Waals surface area contributed by atoms with Crippen molar-refractivity contribution in [1.82, 2.24) is 24.5 Å². The molecule has 298 valence electrons. The number of hydrogen-bond acceptors (Lipinski definition) is 5. The Labute approximate surface area is 372 Å². The topological polar surface area (TPSA) is 56.5 Å². The van der Waals surface area contributed by atoms with Gasteiger partial charge in [-0.15, -0.1) is 11.3 Å². The van der Waals surface area contributed by atoms with Crippen LogP contribution in [0.4, 0.5) is 0 Å². The molecule has 4 aromatic heterocycles. The van der Waals surface area contributed by atoms with Crippen molar-refractivity contribution in [2.45, 2.75) is 0 Å². The molecule has 0 bridgehead atoms. The van der Waals surface area contributed by atoms with Crippen LogP contribution in [0.3, 0.4) is 0 Å². The van der Waals surface area contributed by atoms with Crippen molar-refractivity contribution in [2.75, 3.05) is 0 Å². The van der Waals surface area contributed by atoms with Crippen molar-refractivity contribution in [3.05, 3.63) is 212 Å². The van der Waals surface area contributed by atoms with Gasteiger partial charge in [0.2, 0.25) is 0 Å². The molecule has 6 heteroatoms. The van der Waals surface area contributed by atoms with E-state index in [0.29, 0.717) is 17.5 Å². The normalized spacial score (nSPS) is 11.8. The van der Waals surface area contributed by atoms with Gasteiger partial charge in [-0.2, -0.15) is 0 Å². The SMILES string of the molecule is c1ccc(-c2nc(-c3ccc(-c4ccc(-c5nc6sc7ccccc7c6c6ccccc56)c5ccccc45)cc3)nc(-c3ccc(-n4c5ccccc5c5ccccc54)cc3)n2)cc1. The molecule has 0 atom stereocenters. The Morgan fingerprint density at radius 3 is 1.41 bits per heavy atom. The van der Waals surface area contributed by atoms with Gasteiger partial charge in [-0.1, -0.05) is 170 Å². The van der Waals surface area contributed by atoms with Gasteiger partial charge in [0.05, 0.1) is 16.7 Å². The molecule has 13 aromatic rings. The first kappa shape index (κ1) is 36.3. The first-order valence-corrected chi connectivity index (χ1v) is 22.3. The van der Waals surface area contributed by atoms with Gasteiger partial charge < -0.3 is 4.57 Å². The van der Waals surface area contributed by atoms with Crippen molar-refractivity contribution in [3.63, 3.8) is 0 Å². The fourth-order valence-corrected chi connectivity index (χ4v) is 10.6. The minimum absolute atomic E-state index is 0.622. The summed E-state index contributed by atoms with van der Waals surface area (Å²) in [6.07, 6.45) is 0. The number of pyridine rings is 1. The minimum atomic E-state index is 0.622. The highest BCUT2D eigenvalue weighted by Gasteiger charge is 2.19. The van der Waals surface area contributed by atoms with Gasteiger partial charge in [0.1, 0.15) is 4.83 Å². The summed E-state index contributed by atoms with van der Waals surface area (Å²) in [5.41, 5.74) is 10.6. The van der Waals surface area contributed by atoms with Crippen molar-refractivity contribution in [3.8, 4) is 62.2 Å². The third-order valence-electron chi connectivity index (χ3n) is 12.5. The van der Waals surface area contributed by atoms with Gasteiger partial charge >= 0.3 is 0 Å². The van der Waals surface area contributed by atoms with E-state index >= 15 is 0 Å². The number of benzene rings is 9. The zero-order valence-corrected chi connectivity index (χ0v) is 35.2. The third kappa shape index (κ3) is 5.84. The van der Waals surface area contributed by atoms with E-state index < -0.39 is 0 Å². The Morgan fingerprint density at radius 1 is 0.312 bits per heavy atom. The maximum absolute atomic E-state index is 5.40. The molecule has 5 nitrogen and oxygen atoms in total. The molecule has 0 unspecified atom stereocenters. The van der Waals surface area contributed by atoms with E-state index in [-0.39, 0.29) is 0 Å². The Morgan fingerprint density at radius 2 is 0.766 bits per heavy atom. The van der Waals surface area contributed by atoms with Crippen LogP contribution in [0.5, 0.6) is 0 Å². The molecule has 0 saturated heterocycles. The summed E-state index contributed by atoms with van der Waals surface area (Å²) in [6.45, 7) is 0. The lowest BCUT2D eigenvalue weighted by Gasteiger charge is -2.14. The fraction of sp³-hybridized carbons (Fsp3) is 0. The average molecular weight is 834 g/mol. The van der Waals surface area contributed by atoms with Gasteiger partial charge in [-0.3, -0.25) is 0 Å². The summed E-state index contributed by atoms with van der Waals surface area (Å²) < 4.78 is 3.58. The standard InChI is InChI=1S/C58H35N5S/c1-2-14-37(15-3-1)55-60-56(62-57(61-55)39-30-32-40(33-31-39)63-50-23-11-8-18-44(50)45-19-9-12-24-51(45)63)38-28-26-36(27-29-38)41-34-35-48(43-17-5-4-16-42(41)43)54-47-21-7-6-20-46(47)53-49-22-10-13-25-52(49)64-58(53)59-54/h1-35H. The monoisotopic (exact) mass is 833 g/mol. The van der Waals surface area contributed by atoms with Crippen LogP contribution in [0.15, 0.2) is 212 Å². The number of aromatic nitrogens is 5. The summed E-state index contributed by atoms with van der Waals surface area (Å²) in [5.74, 6) is 1.88. The lowest BCUT2D eigenvalue weighted by Crippen LogP contribution is -2.00. The Hall–Kier alpha value is -8.32. The predicted octanol–water partition coefficient (Wildman–Crippen LogP) is 15.4. The maximum atomic E-state index is 5.40. The quantitative estimate of drug-likeness (QED) is 0.167. The van der Waals surface area contributed by atoms with Crippen LogP contribution >= 0.6 is 11.3 Å². The van der Waals surface area contributed by atoms with Crippen LogP contribution in [0.1, 0.15) is 0 Å². The van der Waals surface area contributed by atoms with E-state index in [0.717, 1.165) is 55.0 Å². The summed E-state index contributed by atoms with van der Waals surface area (Å²) in [5, 5.41) is 9.70. The molecule has 4 heterocycles. The third-order valence-corrected chi connectivity index (χ3v) is 13.6. The second kappa shape index (κ2) is 14.7. The Bertz CT molecular complexity index is 3890. The van der Waals surface area contributed by atoms with Gasteiger partial charge in [-0.25, -0.2) is 19.9 Å². The molecular weight excluding hydrogens is 799 g/mol. The van der Waals surface area contributed by atoms with Crippen molar-refractivity contribution < 1.29 is 0 Å². The summed E-state index contributed by atoms with van der Waals surface area (Å²) in [4.78, 5) is 21.7.